The zero-order valence-corrected chi connectivity index (χ0v) is 12.4. The van der Waals surface area contributed by atoms with Gasteiger partial charge in [-0.25, -0.2) is 4.98 Å². The summed E-state index contributed by atoms with van der Waals surface area (Å²) in [6.45, 7) is 6.74. The Morgan fingerprint density at radius 1 is 1.29 bits per heavy atom. The van der Waals surface area contributed by atoms with Crippen molar-refractivity contribution in [1.82, 2.24) is 4.98 Å². The molecule has 1 aromatic carbocycles. The molecule has 112 valence electrons. The molecule has 1 aliphatic rings. The maximum atomic E-state index is 5.57. The summed E-state index contributed by atoms with van der Waals surface area (Å²) in [5.41, 5.74) is 0. The average Bonchev–Trinajstić information content (AvgIpc) is 2.91. The van der Waals surface area contributed by atoms with Crippen molar-refractivity contribution in [1.29, 1.82) is 0 Å². The number of fused-ring (bicyclic) bond motifs is 2. The molecule has 3 rings (SSSR count). The second-order valence-corrected chi connectivity index (χ2v) is 5.48. The number of pyridine rings is 1. The van der Waals surface area contributed by atoms with Gasteiger partial charge in [0.1, 0.15) is 5.82 Å². The van der Waals surface area contributed by atoms with Gasteiger partial charge in [0.25, 0.3) is 0 Å². The van der Waals surface area contributed by atoms with Crippen LogP contribution in [0.5, 0.6) is 11.5 Å². The van der Waals surface area contributed by atoms with Gasteiger partial charge in [-0.15, -0.1) is 0 Å². The summed E-state index contributed by atoms with van der Waals surface area (Å²) in [5.74, 6) is 2.97. The lowest BCUT2D eigenvalue weighted by Gasteiger charge is -2.10. The lowest BCUT2D eigenvalue weighted by atomic mass is 10.1. The van der Waals surface area contributed by atoms with Crippen molar-refractivity contribution in [2.24, 2.45) is 5.92 Å². The van der Waals surface area contributed by atoms with E-state index in [1.54, 1.807) is 6.20 Å². The first-order valence-corrected chi connectivity index (χ1v) is 7.24. The fourth-order valence-electron chi connectivity index (χ4n) is 2.26. The lowest BCUT2D eigenvalue weighted by Crippen LogP contribution is -2.13. The first-order valence-electron chi connectivity index (χ1n) is 7.24. The highest BCUT2D eigenvalue weighted by Crippen LogP contribution is 2.37. The summed E-state index contributed by atoms with van der Waals surface area (Å²) in [6.07, 6.45) is 1.79. The van der Waals surface area contributed by atoms with Gasteiger partial charge in [-0.3, -0.25) is 0 Å². The van der Waals surface area contributed by atoms with E-state index in [4.69, 9.17) is 14.2 Å². The third-order valence-electron chi connectivity index (χ3n) is 3.25. The van der Waals surface area contributed by atoms with E-state index in [0.717, 1.165) is 41.2 Å². The van der Waals surface area contributed by atoms with E-state index in [2.05, 4.69) is 24.1 Å². The third-order valence-corrected chi connectivity index (χ3v) is 3.25. The quantitative estimate of drug-likeness (QED) is 0.828. The number of rotatable bonds is 6. The largest absolute Gasteiger partial charge is 0.454 e. The molecule has 0 atom stereocenters. The fourth-order valence-corrected chi connectivity index (χ4v) is 2.26. The van der Waals surface area contributed by atoms with Crippen molar-refractivity contribution >= 4 is 16.6 Å². The molecule has 0 spiro atoms. The van der Waals surface area contributed by atoms with Gasteiger partial charge in [0.05, 0.1) is 6.61 Å². The molecule has 1 N–H and O–H groups in total. The van der Waals surface area contributed by atoms with Crippen LogP contribution in [0.1, 0.15) is 13.8 Å². The summed E-state index contributed by atoms with van der Waals surface area (Å²) in [7, 11) is 0. The Kier molecular flexibility index (Phi) is 4.10. The Hall–Kier alpha value is -2.01. The first kappa shape index (κ1) is 13.9. The highest BCUT2D eigenvalue weighted by atomic mass is 16.7. The number of hydrogen-bond acceptors (Lipinski definition) is 5. The zero-order valence-electron chi connectivity index (χ0n) is 12.4. The van der Waals surface area contributed by atoms with Crippen LogP contribution in [-0.2, 0) is 4.74 Å². The summed E-state index contributed by atoms with van der Waals surface area (Å²) in [6, 6.07) is 5.93. The third kappa shape index (κ3) is 3.19. The SMILES string of the molecule is CC(C)COCCNc1nccc2cc3c(cc12)OCO3. The molecular formula is C16H20N2O3. The Balaban J connectivity index is 1.70. The second-order valence-electron chi connectivity index (χ2n) is 5.48. The van der Waals surface area contributed by atoms with Crippen LogP contribution in [0.3, 0.4) is 0 Å². The maximum Gasteiger partial charge on any atom is 0.231 e. The number of hydrogen-bond donors (Lipinski definition) is 1. The predicted octanol–water partition coefficient (Wildman–Crippen LogP) is 3.05. The molecule has 0 unspecified atom stereocenters. The molecule has 2 aromatic rings. The monoisotopic (exact) mass is 288 g/mol. The normalized spacial score (nSPS) is 13.1. The van der Waals surface area contributed by atoms with Crippen LogP contribution in [0, 0.1) is 5.92 Å². The molecule has 1 aromatic heterocycles. The molecular weight excluding hydrogens is 268 g/mol. The van der Waals surface area contributed by atoms with Crippen LogP contribution < -0.4 is 14.8 Å². The van der Waals surface area contributed by atoms with E-state index in [-0.39, 0.29) is 6.79 Å². The van der Waals surface area contributed by atoms with Crippen molar-refractivity contribution in [3.8, 4) is 11.5 Å². The molecule has 0 aliphatic carbocycles. The van der Waals surface area contributed by atoms with Crippen molar-refractivity contribution in [3.05, 3.63) is 24.4 Å². The van der Waals surface area contributed by atoms with Crippen LogP contribution in [0.4, 0.5) is 5.82 Å². The van der Waals surface area contributed by atoms with Crippen molar-refractivity contribution in [2.75, 3.05) is 31.9 Å². The predicted molar refractivity (Wildman–Crippen MR) is 82.0 cm³/mol. The summed E-state index contributed by atoms with van der Waals surface area (Å²) >= 11 is 0. The topological polar surface area (TPSA) is 52.6 Å². The number of ether oxygens (including phenoxy) is 3. The molecule has 0 fully saturated rings. The average molecular weight is 288 g/mol. The minimum Gasteiger partial charge on any atom is -0.454 e. The van der Waals surface area contributed by atoms with Gasteiger partial charge in [0.2, 0.25) is 6.79 Å². The standard InChI is InChI=1S/C16H20N2O3/c1-11(2)9-19-6-5-18-16-13-8-15-14(20-10-21-15)7-12(13)3-4-17-16/h3-4,7-8,11H,5-6,9-10H2,1-2H3,(H,17,18). The number of anilines is 1. The Labute approximate surface area is 124 Å². The molecule has 21 heavy (non-hydrogen) atoms. The van der Waals surface area contributed by atoms with Crippen LogP contribution in [0.15, 0.2) is 24.4 Å². The van der Waals surface area contributed by atoms with Crippen molar-refractivity contribution < 1.29 is 14.2 Å². The van der Waals surface area contributed by atoms with Gasteiger partial charge < -0.3 is 19.5 Å². The molecule has 5 heteroatoms. The summed E-state index contributed by atoms with van der Waals surface area (Å²) in [5, 5.41) is 5.44. The molecule has 5 nitrogen and oxygen atoms in total. The number of nitrogens with one attached hydrogen (secondary N) is 1. The first-order chi connectivity index (χ1) is 10.2. The van der Waals surface area contributed by atoms with Gasteiger partial charge in [-0.1, -0.05) is 13.8 Å². The van der Waals surface area contributed by atoms with Crippen LogP contribution in [-0.4, -0.2) is 31.5 Å². The second kappa shape index (κ2) is 6.18. The van der Waals surface area contributed by atoms with Crippen LogP contribution >= 0.6 is 0 Å². The zero-order chi connectivity index (χ0) is 14.7. The molecule has 0 amide bonds. The summed E-state index contributed by atoms with van der Waals surface area (Å²) in [4.78, 5) is 4.40. The molecule has 0 bridgehead atoms. The van der Waals surface area contributed by atoms with Gasteiger partial charge in [0.15, 0.2) is 11.5 Å². The minimum absolute atomic E-state index is 0.283. The maximum absolute atomic E-state index is 5.57. The van der Waals surface area contributed by atoms with Crippen molar-refractivity contribution in [3.63, 3.8) is 0 Å². The van der Waals surface area contributed by atoms with Crippen LogP contribution in [0.2, 0.25) is 0 Å². The smallest absolute Gasteiger partial charge is 0.231 e. The number of aromatic nitrogens is 1. The number of nitrogens with zero attached hydrogens (tertiary/aromatic N) is 1. The highest BCUT2D eigenvalue weighted by molar-refractivity contribution is 5.94. The van der Waals surface area contributed by atoms with E-state index in [1.165, 1.54) is 0 Å². The van der Waals surface area contributed by atoms with Gasteiger partial charge in [0, 0.05) is 24.7 Å². The molecule has 0 radical (unpaired) electrons. The fraction of sp³-hybridized carbons (Fsp3) is 0.438. The Morgan fingerprint density at radius 2 is 2.10 bits per heavy atom. The Morgan fingerprint density at radius 3 is 2.90 bits per heavy atom. The van der Waals surface area contributed by atoms with E-state index >= 15 is 0 Å². The lowest BCUT2D eigenvalue weighted by molar-refractivity contribution is 0.118. The van der Waals surface area contributed by atoms with Crippen molar-refractivity contribution in [2.45, 2.75) is 13.8 Å². The highest BCUT2D eigenvalue weighted by Gasteiger charge is 2.15. The van der Waals surface area contributed by atoms with Gasteiger partial charge in [-0.2, -0.15) is 0 Å². The van der Waals surface area contributed by atoms with Gasteiger partial charge in [-0.05, 0) is 29.5 Å². The molecule has 0 saturated carbocycles. The molecule has 2 heterocycles. The number of benzene rings is 1. The van der Waals surface area contributed by atoms with Crippen LogP contribution in [0.25, 0.3) is 10.8 Å². The van der Waals surface area contributed by atoms with Gasteiger partial charge >= 0.3 is 0 Å². The van der Waals surface area contributed by atoms with E-state index in [1.807, 2.05) is 18.2 Å². The van der Waals surface area contributed by atoms with E-state index in [0.29, 0.717) is 12.5 Å². The minimum atomic E-state index is 0.283. The molecule has 1 aliphatic heterocycles. The summed E-state index contributed by atoms with van der Waals surface area (Å²) < 4.78 is 16.4. The Bertz CT molecular complexity index is 628. The van der Waals surface area contributed by atoms with E-state index in [9.17, 15) is 0 Å². The molecule has 0 saturated heterocycles. The van der Waals surface area contributed by atoms with E-state index < -0.39 is 0 Å².